The number of rotatable bonds is 2. The van der Waals surface area contributed by atoms with Crippen molar-refractivity contribution in [3.8, 4) is 22.0 Å². The molecule has 0 amide bonds. The molecule has 0 aliphatic rings. The highest BCUT2D eigenvalue weighted by molar-refractivity contribution is 14.1. The van der Waals surface area contributed by atoms with Gasteiger partial charge in [0.2, 0.25) is 4.96 Å². The molecule has 0 radical (unpaired) electrons. The molecule has 0 N–H and O–H groups in total. The van der Waals surface area contributed by atoms with Crippen molar-refractivity contribution in [2.75, 3.05) is 0 Å². The van der Waals surface area contributed by atoms with Gasteiger partial charge in [0.15, 0.2) is 5.82 Å². The summed E-state index contributed by atoms with van der Waals surface area (Å²) in [6.07, 6.45) is 0. The van der Waals surface area contributed by atoms with Crippen molar-refractivity contribution in [1.29, 1.82) is 0 Å². The van der Waals surface area contributed by atoms with Crippen LogP contribution >= 0.6 is 33.9 Å². The Balaban J connectivity index is 1.86. The summed E-state index contributed by atoms with van der Waals surface area (Å²) < 4.78 is 15.9. The van der Waals surface area contributed by atoms with E-state index in [4.69, 9.17) is 0 Å². The third-order valence-electron chi connectivity index (χ3n) is 3.20. The summed E-state index contributed by atoms with van der Waals surface area (Å²) in [5.74, 6) is 0.339. The Labute approximate surface area is 142 Å². The molecule has 0 atom stereocenters. The van der Waals surface area contributed by atoms with Crippen molar-refractivity contribution in [1.82, 2.24) is 19.8 Å². The number of aromatic nitrogens is 4. The van der Waals surface area contributed by atoms with E-state index in [0.717, 1.165) is 19.7 Å². The predicted molar refractivity (Wildman–Crippen MR) is 92.2 cm³/mol. The number of hydrogen-bond donors (Lipinski definition) is 0. The molecule has 2 aromatic carbocycles. The Morgan fingerprint density at radius 1 is 1.00 bits per heavy atom. The van der Waals surface area contributed by atoms with Gasteiger partial charge in [0.1, 0.15) is 10.8 Å². The van der Waals surface area contributed by atoms with Crippen LogP contribution in [0.25, 0.3) is 26.9 Å². The fraction of sp³-hybridized carbons (Fsp3) is 0. The molecule has 0 saturated heterocycles. The molecule has 0 unspecified atom stereocenters. The topological polar surface area (TPSA) is 43.1 Å². The summed E-state index contributed by atoms with van der Waals surface area (Å²) >= 11 is 3.77. The van der Waals surface area contributed by atoms with Crippen LogP contribution in [0.5, 0.6) is 0 Å². The summed E-state index contributed by atoms with van der Waals surface area (Å²) in [7, 11) is 0. The fourth-order valence-electron chi connectivity index (χ4n) is 2.14. The van der Waals surface area contributed by atoms with Crippen LogP contribution in [-0.2, 0) is 0 Å². The molecule has 0 saturated carbocycles. The highest BCUT2D eigenvalue weighted by Gasteiger charge is 2.15. The van der Waals surface area contributed by atoms with Crippen LogP contribution < -0.4 is 0 Å². The molecule has 22 heavy (non-hydrogen) atoms. The number of benzene rings is 2. The number of fused-ring (bicyclic) bond motifs is 1. The molecule has 7 heteroatoms. The van der Waals surface area contributed by atoms with Gasteiger partial charge in [0.25, 0.3) is 0 Å². The average Bonchev–Trinajstić information content (AvgIpc) is 3.09. The van der Waals surface area contributed by atoms with Crippen LogP contribution in [0.4, 0.5) is 4.39 Å². The van der Waals surface area contributed by atoms with E-state index in [1.165, 1.54) is 23.5 Å². The maximum absolute atomic E-state index is 13.1. The zero-order valence-electron chi connectivity index (χ0n) is 11.1. The first kappa shape index (κ1) is 13.8. The smallest absolute Gasteiger partial charge is 0.207 e. The Bertz CT molecular complexity index is 961. The zero-order valence-corrected chi connectivity index (χ0v) is 14.0. The van der Waals surface area contributed by atoms with E-state index in [-0.39, 0.29) is 5.82 Å². The van der Waals surface area contributed by atoms with Crippen LogP contribution in [-0.4, -0.2) is 19.8 Å². The van der Waals surface area contributed by atoms with Crippen molar-refractivity contribution >= 4 is 38.9 Å². The lowest BCUT2D eigenvalue weighted by atomic mass is 10.2. The van der Waals surface area contributed by atoms with E-state index in [1.807, 2.05) is 24.3 Å². The van der Waals surface area contributed by atoms with Crippen molar-refractivity contribution in [3.63, 3.8) is 0 Å². The van der Waals surface area contributed by atoms with Crippen LogP contribution in [0.15, 0.2) is 48.5 Å². The van der Waals surface area contributed by atoms with Gasteiger partial charge in [0.05, 0.1) is 0 Å². The van der Waals surface area contributed by atoms with Gasteiger partial charge in [-0.3, -0.25) is 0 Å². The highest BCUT2D eigenvalue weighted by atomic mass is 127. The lowest BCUT2D eigenvalue weighted by molar-refractivity contribution is 0.628. The summed E-state index contributed by atoms with van der Waals surface area (Å²) in [6.45, 7) is 0. The fourth-order valence-corrected chi connectivity index (χ4v) is 3.84. The molecule has 2 aromatic heterocycles. The second-order valence-electron chi connectivity index (χ2n) is 4.61. The van der Waals surface area contributed by atoms with Crippen molar-refractivity contribution in [2.24, 2.45) is 0 Å². The Hall–Kier alpha value is -1.87. The summed E-state index contributed by atoms with van der Waals surface area (Å²) in [5.41, 5.74) is 1.86. The molecule has 0 aliphatic heterocycles. The SMILES string of the molecule is Fc1ccc(-c2nnc3sc(-c4ccccc4I)nn23)cc1. The molecule has 4 aromatic rings. The Morgan fingerprint density at radius 3 is 2.55 bits per heavy atom. The molecule has 2 heterocycles. The third-order valence-corrected chi connectivity index (χ3v) is 5.07. The minimum absolute atomic E-state index is 0.276. The predicted octanol–water partition coefficient (Wildman–Crippen LogP) is 4.26. The highest BCUT2D eigenvalue weighted by Crippen LogP contribution is 2.30. The third kappa shape index (κ3) is 2.30. The van der Waals surface area contributed by atoms with E-state index in [1.54, 1.807) is 16.6 Å². The quantitative estimate of drug-likeness (QED) is 0.454. The van der Waals surface area contributed by atoms with E-state index in [2.05, 4.69) is 37.9 Å². The van der Waals surface area contributed by atoms with Gasteiger partial charge in [-0.25, -0.2) is 4.39 Å². The van der Waals surface area contributed by atoms with Crippen molar-refractivity contribution in [2.45, 2.75) is 0 Å². The number of halogens is 2. The summed E-state index contributed by atoms with van der Waals surface area (Å²) in [4.78, 5) is 0.717. The van der Waals surface area contributed by atoms with Gasteiger partial charge in [-0.2, -0.15) is 9.61 Å². The molecular weight excluding hydrogens is 414 g/mol. The van der Waals surface area contributed by atoms with Gasteiger partial charge in [-0.05, 0) is 52.9 Å². The normalized spacial score (nSPS) is 11.2. The minimum atomic E-state index is -0.276. The second kappa shape index (κ2) is 5.40. The molecule has 4 nitrogen and oxygen atoms in total. The molecular formula is C15H8FIN4S. The first-order chi connectivity index (χ1) is 10.7. The lowest BCUT2D eigenvalue weighted by Gasteiger charge is -1.99. The van der Waals surface area contributed by atoms with E-state index in [0.29, 0.717) is 10.8 Å². The molecule has 0 bridgehead atoms. The van der Waals surface area contributed by atoms with Crippen LogP contribution in [0.1, 0.15) is 0 Å². The summed E-state index contributed by atoms with van der Waals surface area (Å²) in [5, 5.41) is 13.8. The molecule has 108 valence electrons. The van der Waals surface area contributed by atoms with Crippen LogP contribution in [0, 0.1) is 9.39 Å². The molecule has 0 fully saturated rings. The summed E-state index contributed by atoms with van der Waals surface area (Å²) in [6, 6.07) is 14.2. The molecule has 0 spiro atoms. The number of hydrogen-bond acceptors (Lipinski definition) is 4. The standard InChI is InChI=1S/C15H8FIN4S/c16-10-7-5-9(6-8-10)13-18-19-15-21(13)20-14(22-15)11-3-1-2-4-12(11)17/h1-8H. The zero-order chi connectivity index (χ0) is 15.1. The molecule has 0 aliphatic carbocycles. The maximum atomic E-state index is 13.1. The minimum Gasteiger partial charge on any atom is -0.207 e. The van der Waals surface area contributed by atoms with Crippen LogP contribution in [0.2, 0.25) is 0 Å². The van der Waals surface area contributed by atoms with Gasteiger partial charge in [0, 0.05) is 14.7 Å². The van der Waals surface area contributed by atoms with Crippen LogP contribution in [0.3, 0.4) is 0 Å². The van der Waals surface area contributed by atoms with E-state index < -0.39 is 0 Å². The largest absolute Gasteiger partial charge is 0.235 e. The first-order valence-electron chi connectivity index (χ1n) is 6.45. The van der Waals surface area contributed by atoms with Crippen molar-refractivity contribution in [3.05, 3.63) is 57.9 Å². The van der Waals surface area contributed by atoms with E-state index in [9.17, 15) is 4.39 Å². The van der Waals surface area contributed by atoms with Gasteiger partial charge in [-0.15, -0.1) is 10.2 Å². The maximum Gasteiger partial charge on any atom is 0.235 e. The Morgan fingerprint density at radius 2 is 1.77 bits per heavy atom. The monoisotopic (exact) mass is 422 g/mol. The molecule has 4 rings (SSSR count). The van der Waals surface area contributed by atoms with Crippen molar-refractivity contribution < 1.29 is 4.39 Å². The first-order valence-corrected chi connectivity index (χ1v) is 8.35. The number of nitrogens with zero attached hydrogens (tertiary/aromatic N) is 4. The Kier molecular flexibility index (Phi) is 3.38. The lowest BCUT2D eigenvalue weighted by Crippen LogP contribution is -1.91. The van der Waals surface area contributed by atoms with Gasteiger partial charge in [-0.1, -0.05) is 29.5 Å². The van der Waals surface area contributed by atoms with Gasteiger partial charge >= 0.3 is 0 Å². The van der Waals surface area contributed by atoms with Gasteiger partial charge < -0.3 is 0 Å². The average molecular weight is 422 g/mol. The van der Waals surface area contributed by atoms with E-state index >= 15 is 0 Å². The second-order valence-corrected chi connectivity index (χ2v) is 6.73.